The normalized spacial score (nSPS) is 19.9. The van der Waals surface area contributed by atoms with Crippen LogP contribution in [0.15, 0.2) is 29.2 Å². The summed E-state index contributed by atoms with van der Waals surface area (Å²) < 4.78 is 38.2. The number of hydrogen-bond acceptors (Lipinski definition) is 3. The van der Waals surface area contributed by atoms with Crippen LogP contribution in [0.4, 0.5) is 4.39 Å². The number of hydrogen-bond donors (Lipinski definition) is 1. The summed E-state index contributed by atoms with van der Waals surface area (Å²) in [5.74, 6) is -0.450. The van der Waals surface area contributed by atoms with Crippen LogP contribution in [0.5, 0.6) is 0 Å². The van der Waals surface area contributed by atoms with Crippen molar-refractivity contribution >= 4 is 10.0 Å². The van der Waals surface area contributed by atoms with E-state index in [4.69, 9.17) is 5.73 Å². The van der Waals surface area contributed by atoms with E-state index in [9.17, 15) is 12.8 Å². The highest BCUT2D eigenvalue weighted by Crippen LogP contribution is 2.28. The zero-order valence-corrected chi connectivity index (χ0v) is 10.4. The van der Waals surface area contributed by atoms with Crippen LogP contribution in [0.1, 0.15) is 13.3 Å². The fourth-order valence-electron chi connectivity index (χ4n) is 1.81. The van der Waals surface area contributed by atoms with E-state index in [-0.39, 0.29) is 4.90 Å². The van der Waals surface area contributed by atoms with Crippen molar-refractivity contribution in [2.45, 2.75) is 23.8 Å². The number of sulfonamides is 1. The summed E-state index contributed by atoms with van der Waals surface area (Å²) in [4.78, 5) is 0.108. The van der Waals surface area contributed by atoms with Crippen molar-refractivity contribution in [1.82, 2.24) is 4.31 Å². The minimum Gasteiger partial charge on any atom is -0.323 e. The maximum Gasteiger partial charge on any atom is 0.243 e. The first-order valence-electron chi connectivity index (χ1n) is 5.42. The van der Waals surface area contributed by atoms with E-state index in [1.807, 2.05) is 6.92 Å². The molecule has 17 heavy (non-hydrogen) atoms. The molecule has 0 unspecified atom stereocenters. The first kappa shape index (κ1) is 12.5. The Morgan fingerprint density at radius 1 is 1.35 bits per heavy atom. The van der Waals surface area contributed by atoms with E-state index in [0.29, 0.717) is 13.1 Å². The second-order valence-electron chi connectivity index (χ2n) is 4.44. The summed E-state index contributed by atoms with van der Waals surface area (Å²) in [6.07, 6.45) is 0.739. The fourth-order valence-corrected chi connectivity index (χ4v) is 3.44. The van der Waals surface area contributed by atoms with E-state index < -0.39 is 21.4 Å². The van der Waals surface area contributed by atoms with Crippen LogP contribution in [0.25, 0.3) is 0 Å². The van der Waals surface area contributed by atoms with Crippen molar-refractivity contribution in [3.05, 3.63) is 30.1 Å². The zero-order chi connectivity index (χ0) is 12.7. The molecule has 0 atom stereocenters. The van der Waals surface area contributed by atoms with Crippen molar-refractivity contribution in [2.24, 2.45) is 5.73 Å². The molecular formula is C11H15FN2O2S. The molecule has 0 aromatic heterocycles. The third-order valence-corrected chi connectivity index (χ3v) is 4.94. The van der Waals surface area contributed by atoms with Gasteiger partial charge in [-0.15, -0.1) is 0 Å². The van der Waals surface area contributed by atoms with Crippen LogP contribution in [0.3, 0.4) is 0 Å². The Balaban J connectivity index is 2.19. The van der Waals surface area contributed by atoms with E-state index in [2.05, 4.69) is 0 Å². The Hall–Kier alpha value is -0.980. The van der Waals surface area contributed by atoms with Crippen molar-refractivity contribution in [2.75, 3.05) is 13.1 Å². The molecule has 0 radical (unpaired) electrons. The molecular weight excluding hydrogens is 243 g/mol. The van der Waals surface area contributed by atoms with Gasteiger partial charge in [0.15, 0.2) is 0 Å². The lowest BCUT2D eigenvalue weighted by atomic mass is 9.91. The topological polar surface area (TPSA) is 63.4 Å². The van der Waals surface area contributed by atoms with Gasteiger partial charge in [-0.25, -0.2) is 12.8 Å². The van der Waals surface area contributed by atoms with E-state index in [0.717, 1.165) is 18.6 Å². The molecule has 1 saturated heterocycles. The summed E-state index contributed by atoms with van der Waals surface area (Å²) in [5.41, 5.74) is 5.52. The van der Waals surface area contributed by atoms with Gasteiger partial charge in [0.25, 0.3) is 0 Å². The van der Waals surface area contributed by atoms with Gasteiger partial charge < -0.3 is 5.73 Å². The maximum atomic E-state index is 12.7. The molecule has 0 aliphatic carbocycles. The second kappa shape index (κ2) is 4.04. The molecule has 4 nitrogen and oxygen atoms in total. The Bertz CT molecular complexity index is 507. The highest BCUT2D eigenvalue weighted by Gasteiger charge is 2.44. The molecule has 0 amide bonds. The van der Waals surface area contributed by atoms with Gasteiger partial charge in [0.1, 0.15) is 5.82 Å². The van der Waals surface area contributed by atoms with E-state index >= 15 is 0 Å². The monoisotopic (exact) mass is 258 g/mol. The molecule has 1 aromatic carbocycles. The molecule has 1 aliphatic heterocycles. The molecule has 1 aliphatic rings. The Kier molecular flexibility index (Phi) is 2.97. The summed E-state index contributed by atoms with van der Waals surface area (Å²) in [6.45, 7) is 2.58. The highest BCUT2D eigenvalue weighted by atomic mass is 32.2. The van der Waals surface area contributed by atoms with Gasteiger partial charge in [-0.1, -0.05) is 6.92 Å². The van der Waals surface area contributed by atoms with Crippen LogP contribution in [-0.4, -0.2) is 31.4 Å². The van der Waals surface area contributed by atoms with Crippen molar-refractivity contribution in [3.8, 4) is 0 Å². The molecule has 1 fully saturated rings. The van der Waals surface area contributed by atoms with Gasteiger partial charge in [-0.05, 0) is 30.7 Å². The van der Waals surface area contributed by atoms with Crippen LogP contribution < -0.4 is 5.73 Å². The minimum atomic E-state index is -3.51. The van der Waals surface area contributed by atoms with Crippen LogP contribution in [0, 0.1) is 5.82 Å². The summed E-state index contributed by atoms with van der Waals surface area (Å²) in [7, 11) is -3.51. The molecule has 2 rings (SSSR count). The van der Waals surface area contributed by atoms with Crippen LogP contribution in [-0.2, 0) is 10.0 Å². The molecule has 94 valence electrons. The third-order valence-electron chi connectivity index (χ3n) is 3.14. The molecule has 1 aromatic rings. The largest absolute Gasteiger partial charge is 0.323 e. The third kappa shape index (κ3) is 2.20. The molecule has 6 heteroatoms. The van der Waals surface area contributed by atoms with E-state index in [1.54, 1.807) is 0 Å². The Morgan fingerprint density at radius 3 is 2.35 bits per heavy atom. The van der Waals surface area contributed by atoms with E-state index in [1.165, 1.54) is 16.4 Å². The number of nitrogens with zero attached hydrogens (tertiary/aromatic N) is 1. The van der Waals surface area contributed by atoms with Gasteiger partial charge in [-0.2, -0.15) is 4.31 Å². The zero-order valence-electron chi connectivity index (χ0n) is 9.56. The average molecular weight is 258 g/mol. The lowest BCUT2D eigenvalue weighted by Gasteiger charge is -2.46. The van der Waals surface area contributed by atoms with Crippen molar-refractivity contribution < 1.29 is 12.8 Å². The lowest BCUT2D eigenvalue weighted by molar-refractivity contribution is 0.153. The number of halogens is 1. The predicted octanol–water partition coefficient (Wildman–Crippen LogP) is 0.938. The van der Waals surface area contributed by atoms with Gasteiger partial charge in [-0.3, -0.25) is 0 Å². The lowest BCUT2D eigenvalue weighted by Crippen LogP contribution is -2.68. The van der Waals surface area contributed by atoms with Crippen LogP contribution in [0.2, 0.25) is 0 Å². The molecule has 2 N–H and O–H groups in total. The fraction of sp³-hybridized carbons (Fsp3) is 0.455. The van der Waals surface area contributed by atoms with Gasteiger partial charge in [0.2, 0.25) is 10.0 Å². The summed E-state index contributed by atoms with van der Waals surface area (Å²) >= 11 is 0. The highest BCUT2D eigenvalue weighted by molar-refractivity contribution is 7.89. The minimum absolute atomic E-state index is 0.108. The standard InChI is InChI=1S/C11H15FN2O2S/c1-2-11(13)7-14(8-11)17(15,16)10-5-3-9(12)4-6-10/h3-6H,2,7-8,13H2,1H3. The second-order valence-corrected chi connectivity index (χ2v) is 6.38. The SMILES string of the molecule is CCC1(N)CN(S(=O)(=O)c2ccc(F)cc2)C1. The smallest absolute Gasteiger partial charge is 0.243 e. The number of benzene rings is 1. The van der Waals surface area contributed by atoms with Crippen molar-refractivity contribution in [3.63, 3.8) is 0 Å². The van der Waals surface area contributed by atoms with Crippen LogP contribution >= 0.6 is 0 Å². The molecule has 1 heterocycles. The van der Waals surface area contributed by atoms with Gasteiger partial charge in [0.05, 0.1) is 4.90 Å². The van der Waals surface area contributed by atoms with Gasteiger partial charge >= 0.3 is 0 Å². The molecule has 0 spiro atoms. The predicted molar refractivity (Wildman–Crippen MR) is 62.4 cm³/mol. The van der Waals surface area contributed by atoms with Crippen molar-refractivity contribution in [1.29, 1.82) is 0 Å². The average Bonchev–Trinajstić information content (AvgIpc) is 2.25. The quantitative estimate of drug-likeness (QED) is 0.877. The molecule has 0 bridgehead atoms. The Morgan fingerprint density at radius 2 is 1.88 bits per heavy atom. The maximum absolute atomic E-state index is 12.7. The summed E-state index contributed by atoms with van der Waals surface area (Å²) in [6, 6.07) is 4.82. The molecule has 0 saturated carbocycles. The Labute approximate surface area is 100 Å². The first-order chi connectivity index (χ1) is 7.87. The summed E-state index contributed by atoms with van der Waals surface area (Å²) in [5, 5.41) is 0. The number of rotatable bonds is 3. The van der Waals surface area contributed by atoms with Gasteiger partial charge in [0, 0.05) is 18.6 Å². The number of nitrogens with two attached hydrogens (primary N) is 1. The first-order valence-corrected chi connectivity index (χ1v) is 6.86.